The van der Waals surface area contributed by atoms with Crippen LogP contribution in [0, 0.1) is 13.8 Å². The average Bonchev–Trinajstić information content (AvgIpc) is 2.88. The molecule has 2 heterocycles. The number of Topliss-reactive ketones (excluding diaryl/α,β-unsaturated/α-hetero) is 1. The highest BCUT2D eigenvalue weighted by atomic mass is 16.5. The molecule has 25 heavy (non-hydrogen) atoms. The minimum absolute atomic E-state index is 0.0255. The molecule has 0 aliphatic rings. The van der Waals surface area contributed by atoms with Crippen molar-refractivity contribution in [3.8, 4) is 0 Å². The van der Waals surface area contributed by atoms with Crippen LogP contribution in [0.4, 0.5) is 5.95 Å². The van der Waals surface area contributed by atoms with E-state index >= 15 is 0 Å². The molecular formula is C18H24N4O3. The fourth-order valence-electron chi connectivity index (χ4n) is 2.88. The zero-order chi connectivity index (χ0) is 18.6. The first-order valence-corrected chi connectivity index (χ1v) is 8.16. The molecular weight excluding hydrogens is 320 g/mol. The summed E-state index contributed by atoms with van der Waals surface area (Å²) in [7, 11) is 1.69. The molecule has 0 aliphatic carbocycles. The number of ether oxygens (including phenoxy) is 1. The molecule has 2 aromatic rings. The molecule has 0 N–H and O–H groups in total. The third kappa shape index (κ3) is 4.43. The number of rotatable bonds is 7. The van der Waals surface area contributed by atoms with Gasteiger partial charge in [-0.15, -0.1) is 0 Å². The summed E-state index contributed by atoms with van der Waals surface area (Å²) < 4.78 is 7.21. The van der Waals surface area contributed by atoms with E-state index in [4.69, 9.17) is 4.74 Å². The van der Waals surface area contributed by atoms with Gasteiger partial charge in [-0.25, -0.2) is 9.97 Å². The highest BCUT2D eigenvalue weighted by Crippen LogP contribution is 2.20. The van der Waals surface area contributed by atoms with E-state index < -0.39 is 5.97 Å². The van der Waals surface area contributed by atoms with Crippen molar-refractivity contribution >= 4 is 17.7 Å². The first-order valence-electron chi connectivity index (χ1n) is 8.16. The summed E-state index contributed by atoms with van der Waals surface area (Å²) in [5, 5.41) is 0. The molecule has 0 saturated carbocycles. The van der Waals surface area contributed by atoms with Gasteiger partial charge in [0.1, 0.15) is 6.54 Å². The highest BCUT2D eigenvalue weighted by Gasteiger charge is 2.19. The zero-order valence-corrected chi connectivity index (χ0v) is 15.3. The van der Waals surface area contributed by atoms with Gasteiger partial charge in [0.05, 0.1) is 0 Å². The van der Waals surface area contributed by atoms with E-state index in [-0.39, 0.29) is 25.0 Å². The molecule has 2 aromatic heterocycles. The van der Waals surface area contributed by atoms with Gasteiger partial charge in [0, 0.05) is 42.4 Å². The number of ketones is 1. The van der Waals surface area contributed by atoms with Gasteiger partial charge >= 0.3 is 5.97 Å². The number of hydrogen-bond acceptors (Lipinski definition) is 6. The Morgan fingerprint density at radius 3 is 2.44 bits per heavy atom. The smallest absolute Gasteiger partial charge is 0.326 e. The lowest BCUT2D eigenvalue weighted by atomic mass is 10.1. The number of nitrogens with zero attached hydrogens (tertiary/aromatic N) is 4. The Labute approximate surface area is 147 Å². The maximum atomic E-state index is 12.4. The maximum absolute atomic E-state index is 12.4. The Bertz CT molecular complexity index is 753. The highest BCUT2D eigenvalue weighted by molar-refractivity contribution is 5.99. The number of aromatic nitrogens is 3. The second-order valence-corrected chi connectivity index (χ2v) is 6.24. The molecule has 0 spiro atoms. The zero-order valence-electron chi connectivity index (χ0n) is 15.3. The van der Waals surface area contributed by atoms with Crippen LogP contribution >= 0.6 is 0 Å². The SMILES string of the molecule is Cc1cc(C(=O)COC(=O)CN(C)c2ncccn2)c(C)n1C(C)C. The second kappa shape index (κ2) is 7.92. The van der Waals surface area contributed by atoms with E-state index in [1.807, 2.05) is 19.9 Å². The van der Waals surface area contributed by atoms with E-state index in [0.29, 0.717) is 11.5 Å². The molecule has 0 aromatic carbocycles. The van der Waals surface area contributed by atoms with Crippen LogP contribution in [0.5, 0.6) is 0 Å². The average molecular weight is 344 g/mol. The van der Waals surface area contributed by atoms with Gasteiger partial charge in [0.2, 0.25) is 11.7 Å². The van der Waals surface area contributed by atoms with E-state index in [9.17, 15) is 9.59 Å². The van der Waals surface area contributed by atoms with Gasteiger partial charge in [0.15, 0.2) is 6.61 Å². The van der Waals surface area contributed by atoms with Crippen LogP contribution in [0.2, 0.25) is 0 Å². The first kappa shape index (κ1) is 18.6. The fraction of sp³-hybridized carbons (Fsp3) is 0.444. The van der Waals surface area contributed by atoms with Gasteiger partial charge in [-0.1, -0.05) is 0 Å². The molecule has 7 nitrogen and oxygen atoms in total. The number of likely N-dealkylation sites (N-methyl/N-ethyl adjacent to an activating group) is 1. The standard InChI is InChI=1S/C18H24N4O3/c1-12(2)22-13(3)9-15(14(22)4)16(23)11-25-17(24)10-21(5)18-19-7-6-8-20-18/h6-9,12H,10-11H2,1-5H3. The van der Waals surface area contributed by atoms with E-state index in [0.717, 1.165) is 11.4 Å². The molecule has 0 bridgehead atoms. The van der Waals surface area contributed by atoms with Crippen molar-refractivity contribution in [3.63, 3.8) is 0 Å². The summed E-state index contributed by atoms with van der Waals surface area (Å²) in [6.07, 6.45) is 3.19. The van der Waals surface area contributed by atoms with Gasteiger partial charge < -0.3 is 14.2 Å². The predicted octanol–water partition coefficient (Wildman–Crippen LogP) is 2.34. The topological polar surface area (TPSA) is 77.3 Å². The normalized spacial score (nSPS) is 10.8. The number of anilines is 1. The molecule has 2 rings (SSSR count). The summed E-state index contributed by atoms with van der Waals surface area (Å²) in [4.78, 5) is 34.0. The fourth-order valence-corrected chi connectivity index (χ4v) is 2.88. The Balaban J connectivity index is 1.94. The van der Waals surface area contributed by atoms with Crippen molar-refractivity contribution in [1.82, 2.24) is 14.5 Å². The number of esters is 1. The number of carbonyl (C=O) groups excluding carboxylic acids is 2. The largest absolute Gasteiger partial charge is 0.456 e. The monoisotopic (exact) mass is 344 g/mol. The van der Waals surface area contributed by atoms with Gasteiger partial charge in [-0.2, -0.15) is 0 Å². The number of carbonyl (C=O) groups is 2. The third-order valence-corrected chi connectivity index (χ3v) is 3.93. The minimum atomic E-state index is -0.499. The Hall–Kier alpha value is -2.70. The Morgan fingerprint density at radius 2 is 1.88 bits per heavy atom. The molecule has 0 atom stereocenters. The van der Waals surface area contributed by atoms with Gasteiger partial charge in [-0.05, 0) is 39.8 Å². The first-order chi connectivity index (χ1) is 11.8. The molecule has 0 unspecified atom stereocenters. The van der Waals surface area contributed by atoms with Crippen LogP contribution in [0.25, 0.3) is 0 Å². The minimum Gasteiger partial charge on any atom is -0.456 e. The van der Waals surface area contributed by atoms with Crippen molar-refractivity contribution in [1.29, 1.82) is 0 Å². The van der Waals surface area contributed by atoms with E-state index in [2.05, 4.69) is 28.4 Å². The van der Waals surface area contributed by atoms with Gasteiger partial charge in [-0.3, -0.25) is 9.59 Å². The Morgan fingerprint density at radius 1 is 1.24 bits per heavy atom. The molecule has 0 aliphatic heterocycles. The summed E-state index contributed by atoms with van der Waals surface area (Å²) in [5.41, 5.74) is 2.50. The van der Waals surface area contributed by atoms with Gasteiger partial charge in [0.25, 0.3) is 0 Å². The molecule has 0 amide bonds. The summed E-state index contributed by atoms with van der Waals surface area (Å²) in [6.45, 7) is 7.70. The lowest BCUT2D eigenvalue weighted by molar-refractivity contribution is -0.140. The van der Waals surface area contributed by atoms with Crippen LogP contribution < -0.4 is 4.90 Å². The summed E-state index contributed by atoms with van der Waals surface area (Å²) >= 11 is 0. The van der Waals surface area contributed by atoms with Crippen molar-refractivity contribution < 1.29 is 14.3 Å². The number of hydrogen-bond donors (Lipinski definition) is 0. The van der Waals surface area contributed by atoms with Crippen molar-refractivity contribution in [2.45, 2.75) is 33.7 Å². The van der Waals surface area contributed by atoms with Crippen molar-refractivity contribution in [2.24, 2.45) is 0 Å². The molecule has 0 saturated heterocycles. The molecule has 134 valence electrons. The van der Waals surface area contributed by atoms with Crippen LogP contribution in [-0.4, -0.2) is 46.5 Å². The summed E-state index contributed by atoms with van der Waals surface area (Å²) in [6, 6.07) is 3.81. The van der Waals surface area contributed by atoms with Crippen LogP contribution in [0.1, 0.15) is 41.6 Å². The molecule has 7 heteroatoms. The van der Waals surface area contributed by atoms with Crippen molar-refractivity contribution in [3.05, 3.63) is 41.5 Å². The third-order valence-electron chi connectivity index (χ3n) is 3.93. The summed E-state index contributed by atoms with van der Waals surface area (Å²) in [5.74, 6) is -0.279. The predicted molar refractivity (Wildman–Crippen MR) is 94.9 cm³/mol. The maximum Gasteiger partial charge on any atom is 0.326 e. The van der Waals surface area contributed by atoms with Crippen molar-refractivity contribution in [2.75, 3.05) is 25.1 Å². The van der Waals surface area contributed by atoms with Crippen LogP contribution in [-0.2, 0) is 9.53 Å². The van der Waals surface area contributed by atoms with Crippen LogP contribution in [0.15, 0.2) is 24.5 Å². The van der Waals surface area contributed by atoms with Crippen LogP contribution in [0.3, 0.4) is 0 Å². The lowest BCUT2D eigenvalue weighted by Gasteiger charge is -2.15. The second-order valence-electron chi connectivity index (χ2n) is 6.24. The lowest BCUT2D eigenvalue weighted by Crippen LogP contribution is -2.29. The Kier molecular flexibility index (Phi) is 5.90. The number of aryl methyl sites for hydroxylation is 1. The molecule has 0 radical (unpaired) electrons. The quantitative estimate of drug-likeness (QED) is 0.567. The van der Waals surface area contributed by atoms with E-state index in [1.54, 1.807) is 30.4 Å². The molecule has 0 fully saturated rings. The van der Waals surface area contributed by atoms with E-state index in [1.165, 1.54) is 0 Å².